The van der Waals surface area contributed by atoms with Crippen LogP contribution in [0.15, 0.2) is 49.0 Å². The van der Waals surface area contributed by atoms with Crippen molar-refractivity contribution in [1.82, 2.24) is 20.2 Å². The molecule has 12 nitrogen and oxygen atoms in total. The number of ether oxygens (including phenoxy) is 2. The third-order valence-electron chi connectivity index (χ3n) is 7.18. The Hall–Kier alpha value is -4.29. The average Bonchev–Trinajstić information content (AvgIpc) is 2.98. The van der Waals surface area contributed by atoms with E-state index in [1.165, 1.54) is 12.3 Å². The SMILES string of the molecule is C=CNc1cnc(N2CCN(CCOC)CC2)nc1C(=N)N(C)c1cc(C(=O)NC(=N)/C=C(\OC)C(C)(C)C)ccc1C. The number of nitrogens with zero attached hydrogens (tertiary/aromatic N) is 5. The molecule has 2 aromatic rings. The van der Waals surface area contributed by atoms with Crippen molar-refractivity contribution >= 4 is 34.9 Å². The maximum Gasteiger partial charge on any atom is 0.256 e. The van der Waals surface area contributed by atoms with Crippen LogP contribution in [0.25, 0.3) is 0 Å². The van der Waals surface area contributed by atoms with E-state index in [1.54, 1.807) is 44.5 Å². The third kappa shape index (κ3) is 8.62. The number of rotatable bonds is 11. The molecule has 1 fully saturated rings. The van der Waals surface area contributed by atoms with E-state index in [2.05, 4.69) is 32.0 Å². The normalized spacial score (nSPS) is 14.2. The lowest BCUT2D eigenvalue weighted by Gasteiger charge is -2.34. The summed E-state index contributed by atoms with van der Waals surface area (Å²) in [7, 11) is 5.02. The molecule has 4 N–H and O–H groups in total. The second kappa shape index (κ2) is 14.7. The van der Waals surface area contributed by atoms with Gasteiger partial charge in [-0.05, 0) is 30.8 Å². The van der Waals surface area contributed by atoms with Gasteiger partial charge in [0.05, 0.1) is 25.6 Å². The van der Waals surface area contributed by atoms with Gasteiger partial charge in [-0.1, -0.05) is 33.4 Å². The highest BCUT2D eigenvalue weighted by molar-refractivity contribution is 6.12. The molecule has 43 heavy (non-hydrogen) atoms. The highest BCUT2D eigenvalue weighted by Crippen LogP contribution is 2.27. The van der Waals surface area contributed by atoms with Crippen LogP contribution in [0.2, 0.25) is 0 Å². The molecule has 0 atom stereocenters. The summed E-state index contributed by atoms with van der Waals surface area (Å²) < 4.78 is 10.6. The number of anilines is 3. The molecule has 1 aliphatic heterocycles. The molecular formula is C31H45N9O3. The van der Waals surface area contributed by atoms with Crippen molar-refractivity contribution in [1.29, 1.82) is 10.8 Å². The van der Waals surface area contributed by atoms with Crippen molar-refractivity contribution in [3.63, 3.8) is 0 Å². The van der Waals surface area contributed by atoms with Gasteiger partial charge in [-0.15, -0.1) is 0 Å². The summed E-state index contributed by atoms with van der Waals surface area (Å²) in [5.41, 5.74) is 2.52. The van der Waals surface area contributed by atoms with Crippen molar-refractivity contribution in [3.8, 4) is 0 Å². The first kappa shape index (κ1) is 33.2. The number of carbonyl (C=O) groups is 1. The van der Waals surface area contributed by atoms with Gasteiger partial charge >= 0.3 is 0 Å². The van der Waals surface area contributed by atoms with Crippen LogP contribution < -0.4 is 20.4 Å². The molecule has 1 amide bonds. The van der Waals surface area contributed by atoms with E-state index in [4.69, 9.17) is 25.3 Å². The number of allylic oxidation sites excluding steroid dienone is 1. The Kier molecular flexibility index (Phi) is 11.4. The first-order valence-corrected chi connectivity index (χ1v) is 14.2. The van der Waals surface area contributed by atoms with E-state index in [-0.39, 0.29) is 17.1 Å². The molecule has 0 unspecified atom stereocenters. The molecule has 0 spiro atoms. The van der Waals surface area contributed by atoms with Gasteiger partial charge in [-0.25, -0.2) is 9.97 Å². The Morgan fingerprint density at radius 1 is 1.19 bits per heavy atom. The predicted octanol–water partition coefficient (Wildman–Crippen LogP) is 3.85. The first-order valence-electron chi connectivity index (χ1n) is 14.2. The Bertz CT molecular complexity index is 1360. The number of aromatic nitrogens is 2. The zero-order chi connectivity index (χ0) is 31.7. The number of benzene rings is 1. The Morgan fingerprint density at radius 2 is 1.88 bits per heavy atom. The van der Waals surface area contributed by atoms with Crippen LogP contribution in [0.3, 0.4) is 0 Å². The van der Waals surface area contributed by atoms with Crippen LogP contribution in [-0.4, -0.2) is 93.0 Å². The van der Waals surface area contributed by atoms with Crippen molar-refractivity contribution in [3.05, 3.63) is 65.8 Å². The number of methoxy groups -OCH3 is 2. The minimum absolute atomic E-state index is 0.0758. The van der Waals surface area contributed by atoms with Crippen LogP contribution in [-0.2, 0) is 9.47 Å². The summed E-state index contributed by atoms with van der Waals surface area (Å²) in [5.74, 6) is 0.744. The molecule has 1 aromatic heterocycles. The number of carbonyl (C=O) groups excluding carboxylic acids is 1. The zero-order valence-corrected chi connectivity index (χ0v) is 26.4. The molecule has 232 valence electrons. The fraction of sp³-hybridized carbons (Fsp3) is 0.452. The molecular weight excluding hydrogens is 546 g/mol. The van der Waals surface area contributed by atoms with Crippen molar-refractivity contribution in [2.45, 2.75) is 27.7 Å². The summed E-state index contributed by atoms with van der Waals surface area (Å²) in [5, 5.41) is 23.1. The summed E-state index contributed by atoms with van der Waals surface area (Å²) in [6.45, 7) is 16.4. The van der Waals surface area contributed by atoms with Crippen molar-refractivity contribution in [2.75, 3.05) is 75.7 Å². The third-order valence-corrected chi connectivity index (χ3v) is 7.18. The molecule has 1 aromatic carbocycles. The van der Waals surface area contributed by atoms with Gasteiger partial charge in [-0.2, -0.15) is 0 Å². The van der Waals surface area contributed by atoms with Gasteiger partial charge in [0.2, 0.25) is 5.95 Å². The van der Waals surface area contributed by atoms with Gasteiger partial charge in [0, 0.05) is 69.6 Å². The quantitative estimate of drug-likeness (QED) is 0.174. The Balaban J connectivity index is 1.83. The standard InChI is InChI=1S/C31H45N9O3/c1-9-34-23-20-35-30(40-14-12-39(13-15-40)16-17-42-7)37-27(23)28(33)38(6)24-18-22(11-10-21(24)2)29(41)36-26(32)19-25(43-8)31(3,4)5/h9-11,18-20,33-34H,1,12-17H2,2-8H3,(H2,32,36,41)/b25-19-,33-28?. The second-order valence-corrected chi connectivity index (χ2v) is 11.3. The molecule has 2 heterocycles. The minimum atomic E-state index is -0.435. The minimum Gasteiger partial charge on any atom is -0.500 e. The van der Waals surface area contributed by atoms with Gasteiger partial charge in [0.15, 0.2) is 5.84 Å². The van der Waals surface area contributed by atoms with Gasteiger partial charge in [0.1, 0.15) is 17.3 Å². The van der Waals surface area contributed by atoms with E-state index in [0.29, 0.717) is 40.9 Å². The monoisotopic (exact) mass is 591 g/mol. The highest BCUT2D eigenvalue weighted by Gasteiger charge is 2.24. The largest absolute Gasteiger partial charge is 0.500 e. The van der Waals surface area contributed by atoms with Crippen LogP contribution in [0.1, 0.15) is 42.4 Å². The second-order valence-electron chi connectivity index (χ2n) is 11.3. The number of hydrogen-bond donors (Lipinski definition) is 4. The number of amides is 1. The van der Waals surface area contributed by atoms with Gasteiger partial charge in [0.25, 0.3) is 5.91 Å². The highest BCUT2D eigenvalue weighted by atomic mass is 16.5. The van der Waals surface area contributed by atoms with E-state index < -0.39 is 5.91 Å². The van der Waals surface area contributed by atoms with E-state index in [1.807, 2.05) is 33.8 Å². The predicted molar refractivity (Wildman–Crippen MR) is 173 cm³/mol. The molecule has 12 heteroatoms. The number of piperazine rings is 1. The topological polar surface area (TPSA) is 143 Å². The van der Waals surface area contributed by atoms with E-state index >= 15 is 0 Å². The maximum absolute atomic E-state index is 13.1. The van der Waals surface area contributed by atoms with Gasteiger partial charge < -0.3 is 29.9 Å². The first-order chi connectivity index (χ1) is 20.4. The summed E-state index contributed by atoms with van der Waals surface area (Å²) in [4.78, 5) is 28.6. The Morgan fingerprint density at radius 3 is 2.49 bits per heavy atom. The number of hydrogen-bond acceptors (Lipinski definition) is 10. The summed E-state index contributed by atoms with van der Waals surface area (Å²) in [6, 6.07) is 5.23. The molecule has 0 aliphatic carbocycles. The smallest absolute Gasteiger partial charge is 0.256 e. The lowest BCUT2D eigenvalue weighted by atomic mass is 9.93. The lowest BCUT2D eigenvalue weighted by molar-refractivity contribution is 0.0977. The summed E-state index contributed by atoms with van der Waals surface area (Å²) >= 11 is 0. The lowest BCUT2D eigenvalue weighted by Crippen LogP contribution is -2.48. The van der Waals surface area contributed by atoms with Crippen LogP contribution in [0.5, 0.6) is 0 Å². The molecule has 0 bridgehead atoms. The fourth-order valence-corrected chi connectivity index (χ4v) is 4.65. The maximum atomic E-state index is 13.1. The summed E-state index contributed by atoms with van der Waals surface area (Å²) in [6.07, 6.45) is 4.70. The number of amidine groups is 2. The van der Waals surface area contributed by atoms with Gasteiger partial charge in [-0.3, -0.25) is 20.5 Å². The molecule has 0 radical (unpaired) electrons. The fourth-order valence-electron chi connectivity index (χ4n) is 4.65. The van der Waals surface area contributed by atoms with Crippen LogP contribution in [0, 0.1) is 23.2 Å². The number of aryl methyl sites for hydroxylation is 1. The zero-order valence-electron chi connectivity index (χ0n) is 26.4. The average molecular weight is 592 g/mol. The number of nitrogens with one attached hydrogen (secondary N) is 4. The van der Waals surface area contributed by atoms with Crippen molar-refractivity contribution in [2.24, 2.45) is 5.41 Å². The molecule has 3 rings (SSSR count). The van der Waals surface area contributed by atoms with Crippen LogP contribution >= 0.6 is 0 Å². The van der Waals surface area contributed by atoms with Crippen LogP contribution in [0.4, 0.5) is 17.3 Å². The molecule has 1 aliphatic rings. The molecule has 1 saturated heterocycles. The van der Waals surface area contributed by atoms with E-state index in [0.717, 1.165) is 38.3 Å². The van der Waals surface area contributed by atoms with E-state index in [9.17, 15) is 4.79 Å². The van der Waals surface area contributed by atoms with Crippen molar-refractivity contribution < 1.29 is 14.3 Å². The molecule has 0 saturated carbocycles. The Labute approximate surface area is 254 Å².